The van der Waals surface area contributed by atoms with Crippen molar-refractivity contribution in [2.45, 2.75) is 52.6 Å². The minimum absolute atomic E-state index is 0.00772. The molecule has 0 heterocycles. The van der Waals surface area contributed by atoms with Crippen LogP contribution >= 0.6 is 0 Å². The molecule has 0 spiro atoms. The lowest BCUT2D eigenvalue weighted by atomic mass is 10.00. The van der Waals surface area contributed by atoms with Crippen molar-refractivity contribution < 1.29 is 9.59 Å². The third-order valence-corrected chi connectivity index (χ3v) is 5.75. The third-order valence-electron chi connectivity index (χ3n) is 5.75. The van der Waals surface area contributed by atoms with E-state index in [0.29, 0.717) is 38.3 Å². The quantitative estimate of drug-likeness (QED) is 0.471. The van der Waals surface area contributed by atoms with E-state index >= 15 is 0 Å². The van der Waals surface area contributed by atoms with Gasteiger partial charge in [0.25, 0.3) is 0 Å². The van der Waals surface area contributed by atoms with Gasteiger partial charge < -0.3 is 10.2 Å². The van der Waals surface area contributed by atoms with Gasteiger partial charge in [-0.25, -0.2) is 0 Å². The molecule has 0 aliphatic carbocycles. The van der Waals surface area contributed by atoms with Crippen LogP contribution in [0.15, 0.2) is 72.8 Å². The van der Waals surface area contributed by atoms with Crippen LogP contribution in [0.1, 0.15) is 44.7 Å². The summed E-state index contributed by atoms with van der Waals surface area (Å²) in [7, 11) is 0. The van der Waals surface area contributed by atoms with E-state index in [2.05, 4.69) is 43.4 Å². The number of fused-ring (bicyclic) bond motifs is 1. The number of carbonyl (C=O) groups excluding carboxylic acids is 2. The van der Waals surface area contributed by atoms with E-state index in [1.54, 1.807) is 4.90 Å². The van der Waals surface area contributed by atoms with E-state index in [1.807, 2.05) is 55.5 Å². The molecule has 4 nitrogen and oxygen atoms in total. The Morgan fingerprint density at radius 3 is 2.31 bits per heavy atom. The molecule has 32 heavy (non-hydrogen) atoms. The zero-order valence-corrected chi connectivity index (χ0v) is 19.4. The van der Waals surface area contributed by atoms with Gasteiger partial charge in [0.1, 0.15) is 6.04 Å². The van der Waals surface area contributed by atoms with Gasteiger partial charge in [-0.3, -0.25) is 9.59 Å². The SMILES string of the molecule is CC[C@@H](C(=O)NCC(C)C)N(Cc1ccccc1)C(=O)CCc1cccc2ccccc12. The van der Waals surface area contributed by atoms with Crippen LogP contribution in [-0.2, 0) is 22.6 Å². The first-order valence-electron chi connectivity index (χ1n) is 11.6. The topological polar surface area (TPSA) is 49.4 Å². The Hall–Kier alpha value is -3.14. The fraction of sp³-hybridized carbons (Fsp3) is 0.357. The largest absolute Gasteiger partial charge is 0.354 e. The summed E-state index contributed by atoms with van der Waals surface area (Å²) in [6, 6.07) is 23.9. The molecule has 1 atom stereocenters. The number of nitrogens with one attached hydrogen (secondary N) is 1. The lowest BCUT2D eigenvalue weighted by Crippen LogP contribution is -2.49. The van der Waals surface area contributed by atoms with Gasteiger partial charge in [0.2, 0.25) is 11.8 Å². The number of carbonyl (C=O) groups is 2. The van der Waals surface area contributed by atoms with Crippen molar-refractivity contribution in [3.63, 3.8) is 0 Å². The average Bonchev–Trinajstić information content (AvgIpc) is 2.81. The Labute approximate surface area is 191 Å². The molecule has 1 N–H and O–H groups in total. The standard InChI is InChI=1S/C28H34N2O2/c1-4-26(28(32)29-19-21(2)3)30(20-22-11-6-5-7-12-22)27(31)18-17-24-15-10-14-23-13-8-9-16-25(23)24/h5-16,21,26H,4,17-20H2,1-3H3,(H,29,32)/t26-/m0/s1. The number of amides is 2. The summed E-state index contributed by atoms with van der Waals surface area (Å²) in [5.41, 5.74) is 2.19. The highest BCUT2D eigenvalue weighted by atomic mass is 16.2. The van der Waals surface area contributed by atoms with Crippen molar-refractivity contribution in [2.24, 2.45) is 5.92 Å². The van der Waals surface area contributed by atoms with Crippen LogP contribution < -0.4 is 5.32 Å². The first-order chi connectivity index (χ1) is 15.5. The predicted octanol–water partition coefficient (Wildman–Crippen LogP) is 5.35. The van der Waals surface area contributed by atoms with Gasteiger partial charge in [0.05, 0.1) is 0 Å². The van der Waals surface area contributed by atoms with Gasteiger partial charge in [0, 0.05) is 19.5 Å². The van der Waals surface area contributed by atoms with Crippen molar-refractivity contribution in [3.05, 3.63) is 83.9 Å². The van der Waals surface area contributed by atoms with Crippen LogP contribution in [0, 0.1) is 5.92 Å². The Bertz CT molecular complexity index is 1020. The highest BCUT2D eigenvalue weighted by molar-refractivity contribution is 5.89. The second-order valence-electron chi connectivity index (χ2n) is 8.71. The maximum absolute atomic E-state index is 13.4. The molecule has 0 aliphatic rings. The van der Waals surface area contributed by atoms with Crippen LogP contribution in [0.25, 0.3) is 10.8 Å². The molecule has 0 saturated carbocycles. The molecule has 3 aromatic rings. The first-order valence-corrected chi connectivity index (χ1v) is 11.6. The molecular weight excluding hydrogens is 396 g/mol. The van der Waals surface area contributed by atoms with Gasteiger partial charge in [-0.15, -0.1) is 0 Å². The summed E-state index contributed by atoms with van der Waals surface area (Å²) in [5.74, 6) is 0.296. The summed E-state index contributed by atoms with van der Waals surface area (Å²) >= 11 is 0. The Kier molecular flexibility index (Phi) is 8.43. The molecule has 0 radical (unpaired) electrons. The minimum Gasteiger partial charge on any atom is -0.354 e. The molecule has 3 aromatic carbocycles. The van der Waals surface area contributed by atoms with Crippen LogP contribution in [0.2, 0.25) is 0 Å². The Morgan fingerprint density at radius 1 is 0.906 bits per heavy atom. The molecule has 4 heteroatoms. The molecule has 2 amide bonds. The molecule has 0 aromatic heterocycles. The number of rotatable bonds is 10. The Balaban J connectivity index is 1.79. The van der Waals surface area contributed by atoms with E-state index in [0.717, 1.165) is 11.1 Å². The third kappa shape index (κ3) is 6.19. The summed E-state index contributed by atoms with van der Waals surface area (Å²) in [6.07, 6.45) is 1.60. The van der Waals surface area contributed by atoms with Crippen molar-refractivity contribution >= 4 is 22.6 Å². The Morgan fingerprint density at radius 2 is 1.59 bits per heavy atom. The maximum atomic E-state index is 13.4. The highest BCUT2D eigenvalue weighted by Gasteiger charge is 2.28. The lowest BCUT2D eigenvalue weighted by molar-refractivity contribution is -0.141. The predicted molar refractivity (Wildman–Crippen MR) is 131 cm³/mol. The number of hydrogen-bond donors (Lipinski definition) is 1. The number of nitrogens with zero attached hydrogens (tertiary/aromatic N) is 1. The molecule has 0 fully saturated rings. The van der Waals surface area contributed by atoms with Gasteiger partial charge in [-0.2, -0.15) is 0 Å². The van der Waals surface area contributed by atoms with Crippen molar-refractivity contribution in [3.8, 4) is 0 Å². The normalized spacial score (nSPS) is 12.0. The monoisotopic (exact) mass is 430 g/mol. The van der Waals surface area contributed by atoms with Crippen molar-refractivity contribution in [2.75, 3.05) is 6.54 Å². The van der Waals surface area contributed by atoms with Gasteiger partial charge in [-0.05, 0) is 40.7 Å². The fourth-order valence-electron chi connectivity index (χ4n) is 4.02. The average molecular weight is 431 g/mol. The van der Waals surface area contributed by atoms with Crippen molar-refractivity contribution in [1.29, 1.82) is 0 Å². The summed E-state index contributed by atoms with van der Waals surface area (Å²) in [4.78, 5) is 28.2. The van der Waals surface area contributed by atoms with Crippen LogP contribution in [-0.4, -0.2) is 29.3 Å². The summed E-state index contributed by atoms with van der Waals surface area (Å²) in [6.45, 7) is 7.15. The van der Waals surface area contributed by atoms with Crippen molar-refractivity contribution in [1.82, 2.24) is 10.2 Å². The summed E-state index contributed by atoms with van der Waals surface area (Å²) < 4.78 is 0. The summed E-state index contributed by atoms with van der Waals surface area (Å²) in [5, 5.41) is 5.38. The van der Waals surface area contributed by atoms with Crippen LogP contribution in [0.3, 0.4) is 0 Å². The van der Waals surface area contributed by atoms with Crippen LogP contribution in [0.4, 0.5) is 0 Å². The van der Waals surface area contributed by atoms with Gasteiger partial charge in [0.15, 0.2) is 0 Å². The van der Waals surface area contributed by atoms with E-state index < -0.39 is 6.04 Å². The van der Waals surface area contributed by atoms with Gasteiger partial charge in [-0.1, -0.05) is 93.6 Å². The second-order valence-corrected chi connectivity index (χ2v) is 8.71. The zero-order chi connectivity index (χ0) is 22.9. The minimum atomic E-state index is -0.478. The molecule has 168 valence electrons. The number of benzene rings is 3. The second kappa shape index (κ2) is 11.5. The maximum Gasteiger partial charge on any atom is 0.242 e. The number of aryl methyl sites for hydroxylation is 1. The molecule has 3 rings (SSSR count). The smallest absolute Gasteiger partial charge is 0.242 e. The number of hydrogen-bond acceptors (Lipinski definition) is 2. The zero-order valence-electron chi connectivity index (χ0n) is 19.4. The van der Waals surface area contributed by atoms with E-state index in [-0.39, 0.29) is 11.8 Å². The molecule has 0 saturated heterocycles. The van der Waals surface area contributed by atoms with E-state index in [4.69, 9.17) is 0 Å². The first kappa shape index (κ1) is 23.5. The molecule has 0 bridgehead atoms. The van der Waals surface area contributed by atoms with Crippen LogP contribution in [0.5, 0.6) is 0 Å². The fourth-order valence-corrected chi connectivity index (χ4v) is 4.02. The molecular formula is C28H34N2O2. The van der Waals surface area contributed by atoms with Gasteiger partial charge >= 0.3 is 0 Å². The van der Waals surface area contributed by atoms with E-state index in [1.165, 1.54) is 10.8 Å². The van der Waals surface area contributed by atoms with E-state index in [9.17, 15) is 9.59 Å². The highest BCUT2D eigenvalue weighted by Crippen LogP contribution is 2.21. The molecule has 0 unspecified atom stereocenters. The molecule has 0 aliphatic heterocycles. The lowest BCUT2D eigenvalue weighted by Gasteiger charge is -2.31.